The molecule has 0 aliphatic heterocycles. The molecule has 1 rings (SSSR count). The van der Waals surface area contributed by atoms with Crippen LogP contribution in [0, 0.1) is 0 Å². The van der Waals surface area contributed by atoms with Crippen LogP contribution >= 0.6 is 0 Å². The van der Waals surface area contributed by atoms with Gasteiger partial charge in [-0.25, -0.2) is 16.8 Å². The number of carboxylic acid groups (broad SMARTS) is 1. The predicted octanol–water partition coefficient (Wildman–Crippen LogP) is 0.465. The van der Waals surface area contributed by atoms with Crippen molar-refractivity contribution in [1.29, 1.82) is 0 Å². The van der Waals surface area contributed by atoms with Crippen LogP contribution in [-0.2, 0) is 24.7 Å². The first-order chi connectivity index (χ1) is 10.1. The van der Waals surface area contributed by atoms with Gasteiger partial charge in [-0.3, -0.25) is 4.79 Å². The Morgan fingerprint density at radius 3 is 2.32 bits per heavy atom. The van der Waals surface area contributed by atoms with Gasteiger partial charge in [-0.05, 0) is 18.1 Å². The molecule has 0 aromatic heterocycles. The van der Waals surface area contributed by atoms with Gasteiger partial charge < -0.3 is 5.11 Å². The molecule has 1 aromatic carbocycles. The number of hydrogen-bond acceptors (Lipinski definition) is 5. The number of carbonyl (C=O) groups is 1. The first kappa shape index (κ1) is 18.3. The van der Waals surface area contributed by atoms with E-state index in [-0.39, 0.29) is 6.42 Å². The number of aliphatic carboxylic acids is 1. The van der Waals surface area contributed by atoms with Crippen molar-refractivity contribution in [1.82, 2.24) is 4.72 Å². The lowest BCUT2D eigenvalue weighted by Gasteiger charge is -2.12. The molecule has 2 N–H and O–H groups in total. The molecule has 22 heavy (non-hydrogen) atoms. The van der Waals surface area contributed by atoms with E-state index in [2.05, 4.69) is 0 Å². The van der Waals surface area contributed by atoms with Gasteiger partial charge in [0, 0.05) is 11.7 Å². The standard InChI is InChI=1S/C13H17NO6S2/c1-21(17,18)9-8-12(13(15)16)14-22(19,20)10-7-11-5-3-2-4-6-11/h2-7,10,12,14H,8-9H2,1H3,(H,15,16)/b10-7+/t12-/m0/s1. The summed E-state index contributed by atoms with van der Waals surface area (Å²) in [5.41, 5.74) is 0.635. The van der Waals surface area contributed by atoms with Crippen LogP contribution in [0.5, 0.6) is 0 Å². The first-order valence-electron chi connectivity index (χ1n) is 6.25. The molecule has 7 nitrogen and oxygen atoms in total. The molecule has 0 saturated carbocycles. The molecular formula is C13H17NO6S2. The highest BCUT2D eigenvalue weighted by molar-refractivity contribution is 7.92. The summed E-state index contributed by atoms with van der Waals surface area (Å²) in [6, 6.07) is 7.10. The van der Waals surface area contributed by atoms with Crippen molar-refractivity contribution in [3.63, 3.8) is 0 Å². The van der Waals surface area contributed by atoms with Crippen molar-refractivity contribution in [3.05, 3.63) is 41.3 Å². The molecule has 0 unspecified atom stereocenters. The van der Waals surface area contributed by atoms with Crippen LogP contribution in [-0.4, -0.2) is 46.0 Å². The normalized spacial score (nSPS) is 14.0. The van der Waals surface area contributed by atoms with Crippen molar-refractivity contribution in [3.8, 4) is 0 Å². The van der Waals surface area contributed by atoms with E-state index >= 15 is 0 Å². The third-order valence-corrected chi connectivity index (χ3v) is 4.71. The highest BCUT2D eigenvalue weighted by Gasteiger charge is 2.23. The van der Waals surface area contributed by atoms with Crippen LogP contribution in [0.15, 0.2) is 35.7 Å². The maximum Gasteiger partial charge on any atom is 0.321 e. The minimum absolute atomic E-state index is 0.341. The zero-order valence-corrected chi connectivity index (χ0v) is 13.5. The van der Waals surface area contributed by atoms with Crippen molar-refractivity contribution < 1.29 is 26.7 Å². The van der Waals surface area contributed by atoms with E-state index in [1.807, 2.05) is 4.72 Å². The number of rotatable bonds is 8. The molecule has 1 atom stereocenters. The molecule has 1 aromatic rings. The second-order valence-corrected chi connectivity index (χ2v) is 8.54. The zero-order chi connectivity index (χ0) is 16.8. The van der Waals surface area contributed by atoms with Gasteiger partial charge in [0.05, 0.1) is 5.75 Å². The average Bonchev–Trinajstić information content (AvgIpc) is 2.41. The van der Waals surface area contributed by atoms with Crippen molar-refractivity contribution in [2.24, 2.45) is 0 Å². The topological polar surface area (TPSA) is 118 Å². The first-order valence-corrected chi connectivity index (χ1v) is 9.86. The van der Waals surface area contributed by atoms with Crippen molar-refractivity contribution >= 4 is 31.9 Å². The van der Waals surface area contributed by atoms with Crippen LogP contribution in [0.25, 0.3) is 6.08 Å². The summed E-state index contributed by atoms with van der Waals surface area (Å²) in [4.78, 5) is 11.0. The second kappa shape index (κ2) is 7.52. The highest BCUT2D eigenvalue weighted by Crippen LogP contribution is 2.05. The van der Waals surface area contributed by atoms with Gasteiger partial charge in [0.1, 0.15) is 15.9 Å². The molecule has 0 fully saturated rings. The maximum absolute atomic E-state index is 11.8. The smallest absolute Gasteiger partial charge is 0.321 e. The lowest BCUT2D eigenvalue weighted by Crippen LogP contribution is -2.40. The summed E-state index contributed by atoms with van der Waals surface area (Å²) < 4.78 is 47.7. The quantitative estimate of drug-likeness (QED) is 0.705. The van der Waals surface area contributed by atoms with Crippen LogP contribution in [0.3, 0.4) is 0 Å². The molecule has 0 aliphatic rings. The third-order valence-electron chi connectivity index (χ3n) is 2.62. The molecule has 0 amide bonds. The van der Waals surface area contributed by atoms with Gasteiger partial charge in [0.15, 0.2) is 0 Å². The van der Waals surface area contributed by atoms with E-state index in [0.717, 1.165) is 11.7 Å². The number of hydrogen-bond donors (Lipinski definition) is 2. The van der Waals surface area contributed by atoms with Gasteiger partial charge >= 0.3 is 5.97 Å². The van der Waals surface area contributed by atoms with Crippen molar-refractivity contribution in [2.45, 2.75) is 12.5 Å². The number of nitrogens with one attached hydrogen (secondary N) is 1. The monoisotopic (exact) mass is 347 g/mol. The number of benzene rings is 1. The van der Waals surface area contributed by atoms with Gasteiger partial charge in [-0.15, -0.1) is 0 Å². The summed E-state index contributed by atoms with van der Waals surface area (Å²) in [6.07, 6.45) is 1.93. The number of carboxylic acids is 1. The van der Waals surface area contributed by atoms with Crippen molar-refractivity contribution in [2.75, 3.05) is 12.0 Å². The Balaban J connectivity index is 2.79. The Morgan fingerprint density at radius 2 is 1.82 bits per heavy atom. The highest BCUT2D eigenvalue weighted by atomic mass is 32.2. The molecule has 0 saturated heterocycles. The zero-order valence-electron chi connectivity index (χ0n) is 11.8. The fraction of sp³-hybridized carbons (Fsp3) is 0.308. The Kier molecular flexibility index (Phi) is 6.27. The Hall–Kier alpha value is -1.71. The van der Waals surface area contributed by atoms with Crippen LogP contribution < -0.4 is 4.72 Å². The van der Waals surface area contributed by atoms with E-state index in [1.54, 1.807) is 30.3 Å². The second-order valence-electron chi connectivity index (χ2n) is 4.69. The van der Waals surface area contributed by atoms with Gasteiger partial charge in [0.2, 0.25) is 10.0 Å². The number of sulfonamides is 1. The van der Waals surface area contributed by atoms with Crippen LogP contribution in [0.4, 0.5) is 0 Å². The Labute approximate surface area is 129 Å². The third kappa shape index (κ3) is 7.34. The fourth-order valence-corrected chi connectivity index (χ4v) is 3.23. The predicted molar refractivity (Wildman–Crippen MR) is 83.3 cm³/mol. The van der Waals surface area contributed by atoms with E-state index < -0.39 is 37.6 Å². The maximum atomic E-state index is 11.8. The molecule has 0 aliphatic carbocycles. The minimum Gasteiger partial charge on any atom is -0.480 e. The lowest BCUT2D eigenvalue weighted by molar-refractivity contribution is -0.139. The lowest BCUT2D eigenvalue weighted by atomic mass is 10.2. The largest absolute Gasteiger partial charge is 0.480 e. The average molecular weight is 347 g/mol. The fourth-order valence-electron chi connectivity index (χ4n) is 1.53. The van der Waals surface area contributed by atoms with E-state index in [9.17, 15) is 21.6 Å². The SMILES string of the molecule is CS(=O)(=O)CC[C@H](NS(=O)(=O)/C=C/c1ccccc1)C(=O)O. The molecule has 9 heteroatoms. The van der Waals surface area contributed by atoms with Crippen LogP contribution in [0.2, 0.25) is 0 Å². The Morgan fingerprint density at radius 1 is 1.23 bits per heavy atom. The molecule has 0 heterocycles. The van der Waals surface area contributed by atoms with Gasteiger partial charge in [-0.2, -0.15) is 4.72 Å². The summed E-state index contributed by atoms with van der Waals surface area (Å²) in [5, 5.41) is 9.82. The molecule has 0 bridgehead atoms. The minimum atomic E-state index is -4.00. The molecule has 0 spiro atoms. The summed E-state index contributed by atoms with van der Waals surface area (Å²) in [5.74, 6) is -1.85. The summed E-state index contributed by atoms with van der Waals surface area (Å²) >= 11 is 0. The molecular weight excluding hydrogens is 330 g/mol. The summed E-state index contributed by atoms with van der Waals surface area (Å²) in [6.45, 7) is 0. The summed E-state index contributed by atoms with van der Waals surface area (Å²) in [7, 11) is -7.38. The Bertz CT molecular complexity index is 738. The van der Waals surface area contributed by atoms with Crippen LogP contribution in [0.1, 0.15) is 12.0 Å². The molecule has 122 valence electrons. The van der Waals surface area contributed by atoms with Gasteiger partial charge in [0.25, 0.3) is 0 Å². The van der Waals surface area contributed by atoms with E-state index in [0.29, 0.717) is 5.56 Å². The molecule has 0 radical (unpaired) electrons. The van der Waals surface area contributed by atoms with E-state index in [1.165, 1.54) is 6.08 Å². The number of sulfone groups is 1. The van der Waals surface area contributed by atoms with Gasteiger partial charge in [-0.1, -0.05) is 30.3 Å². The van der Waals surface area contributed by atoms with E-state index in [4.69, 9.17) is 5.11 Å².